The van der Waals surface area contributed by atoms with E-state index in [1.807, 2.05) is 23.8 Å². The number of hydrogen-bond donors (Lipinski definition) is 2. The number of pyridine rings is 1. The molecule has 9 nitrogen and oxygen atoms in total. The first-order chi connectivity index (χ1) is 19.3. The summed E-state index contributed by atoms with van der Waals surface area (Å²) in [7, 11) is 1.65. The summed E-state index contributed by atoms with van der Waals surface area (Å²) in [5, 5.41) is 15.7. The Balaban J connectivity index is 1.60. The van der Waals surface area contributed by atoms with E-state index in [4.69, 9.17) is 0 Å². The van der Waals surface area contributed by atoms with Crippen LogP contribution < -0.4 is 16.2 Å². The SMILES string of the molecule is CN[C@@H](C)C(=O)Nc1cnc(-c2cccc(C#N)c2)n(Cc2cncc(-n3cc(C)c4cc(F)ccc43)c2)c1=O. The number of likely N-dealkylation sites (N-methyl/N-ethyl adjacent to an activating group) is 1. The highest BCUT2D eigenvalue weighted by Gasteiger charge is 2.18. The van der Waals surface area contributed by atoms with Gasteiger partial charge >= 0.3 is 0 Å². The molecular weight excluding hydrogens is 509 g/mol. The number of carbonyl (C=O) groups excluding carboxylic acids is 1. The van der Waals surface area contributed by atoms with E-state index in [-0.39, 0.29) is 24.0 Å². The summed E-state index contributed by atoms with van der Waals surface area (Å²) in [5.41, 5.74) is 3.77. The Morgan fingerprint density at radius 1 is 1.15 bits per heavy atom. The van der Waals surface area contributed by atoms with Crippen LogP contribution in [0.5, 0.6) is 0 Å². The Morgan fingerprint density at radius 3 is 2.75 bits per heavy atom. The van der Waals surface area contributed by atoms with E-state index in [0.717, 1.165) is 22.2 Å². The molecule has 0 bridgehead atoms. The summed E-state index contributed by atoms with van der Waals surface area (Å²) >= 11 is 0. The molecule has 0 aliphatic carbocycles. The van der Waals surface area contributed by atoms with Crippen molar-refractivity contribution in [3.63, 3.8) is 0 Å². The van der Waals surface area contributed by atoms with E-state index in [1.165, 1.54) is 22.9 Å². The number of aryl methyl sites for hydroxylation is 1. The van der Waals surface area contributed by atoms with E-state index in [9.17, 15) is 19.2 Å². The standard InChI is InChI=1S/C30H26FN7O2/c1-18-16-37(27-8-7-23(31)11-25(18)27)24-10-21(13-34-14-24)17-38-28(22-6-4-5-20(9-22)12-32)35-15-26(30(38)40)36-29(39)19(2)33-3/h4-11,13-16,19,33H,17H2,1-3H3,(H,36,39)/t19-/m0/s1. The Labute approximate surface area is 229 Å². The van der Waals surface area contributed by atoms with Crippen LogP contribution in [0.25, 0.3) is 28.0 Å². The van der Waals surface area contributed by atoms with Gasteiger partial charge in [0.15, 0.2) is 0 Å². The minimum atomic E-state index is -0.519. The third-order valence-corrected chi connectivity index (χ3v) is 6.75. The van der Waals surface area contributed by atoms with E-state index in [2.05, 4.69) is 26.7 Å². The van der Waals surface area contributed by atoms with Gasteiger partial charge in [-0.3, -0.25) is 19.1 Å². The average molecular weight is 536 g/mol. The molecule has 0 fully saturated rings. The second-order valence-corrected chi connectivity index (χ2v) is 9.47. The fraction of sp³-hybridized carbons (Fsp3) is 0.167. The Bertz CT molecular complexity index is 1850. The number of aromatic nitrogens is 4. The van der Waals surface area contributed by atoms with Gasteiger partial charge in [-0.15, -0.1) is 0 Å². The topological polar surface area (TPSA) is 118 Å². The van der Waals surface area contributed by atoms with E-state index >= 15 is 0 Å². The largest absolute Gasteiger partial charge is 0.319 e. The van der Waals surface area contributed by atoms with Crippen molar-refractivity contribution in [3.05, 3.63) is 106 Å². The van der Waals surface area contributed by atoms with Crippen molar-refractivity contribution >= 4 is 22.5 Å². The van der Waals surface area contributed by atoms with Crippen LogP contribution in [0, 0.1) is 24.1 Å². The number of nitrogens with zero attached hydrogens (tertiary/aromatic N) is 5. The molecule has 40 heavy (non-hydrogen) atoms. The number of fused-ring (bicyclic) bond motifs is 1. The third-order valence-electron chi connectivity index (χ3n) is 6.75. The average Bonchev–Trinajstić information content (AvgIpc) is 3.30. The van der Waals surface area contributed by atoms with Crippen LogP contribution in [0.1, 0.15) is 23.6 Å². The molecule has 5 aromatic rings. The molecule has 0 spiro atoms. The highest BCUT2D eigenvalue weighted by atomic mass is 19.1. The van der Waals surface area contributed by atoms with Crippen molar-refractivity contribution in [3.8, 4) is 23.1 Å². The van der Waals surface area contributed by atoms with Crippen LogP contribution in [-0.2, 0) is 11.3 Å². The number of rotatable bonds is 7. The minimum Gasteiger partial charge on any atom is -0.319 e. The Kier molecular flexibility index (Phi) is 7.23. The molecule has 2 aromatic carbocycles. The summed E-state index contributed by atoms with van der Waals surface area (Å²) < 4.78 is 17.2. The van der Waals surface area contributed by atoms with Gasteiger partial charge in [-0.25, -0.2) is 9.37 Å². The highest BCUT2D eigenvalue weighted by Crippen LogP contribution is 2.26. The van der Waals surface area contributed by atoms with E-state index in [0.29, 0.717) is 22.5 Å². The molecule has 0 radical (unpaired) electrons. The molecule has 1 amide bonds. The lowest BCUT2D eigenvalue weighted by molar-refractivity contribution is -0.117. The van der Waals surface area contributed by atoms with Crippen LogP contribution in [0.2, 0.25) is 0 Å². The lowest BCUT2D eigenvalue weighted by Gasteiger charge is -2.16. The van der Waals surface area contributed by atoms with Gasteiger partial charge in [0.05, 0.1) is 47.8 Å². The number of carbonyl (C=O) groups is 1. The van der Waals surface area contributed by atoms with Gasteiger partial charge in [-0.1, -0.05) is 12.1 Å². The maximum atomic E-state index is 13.9. The number of hydrogen-bond acceptors (Lipinski definition) is 6. The van der Waals surface area contributed by atoms with Gasteiger partial charge in [0.1, 0.15) is 17.3 Å². The summed E-state index contributed by atoms with van der Waals surface area (Å²) in [6.07, 6.45) is 6.59. The zero-order chi connectivity index (χ0) is 28.4. The first-order valence-electron chi connectivity index (χ1n) is 12.6. The smallest absolute Gasteiger partial charge is 0.277 e. The van der Waals surface area contributed by atoms with Gasteiger partial charge in [0.2, 0.25) is 5.91 Å². The molecule has 1 atom stereocenters. The van der Waals surface area contributed by atoms with Gasteiger partial charge < -0.3 is 15.2 Å². The molecule has 0 unspecified atom stereocenters. The number of amides is 1. The maximum Gasteiger partial charge on any atom is 0.277 e. The van der Waals surface area contributed by atoms with Crippen molar-refractivity contribution in [1.82, 2.24) is 24.4 Å². The van der Waals surface area contributed by atoms with Crippen molar-refractivity contribution in [2.75, 3.05) is 12.4 Å². The number of anilines is 1. The minimum absolute atomic E-state index is 0.0328. The van der Waals surface area contributed by atoms with Gasteiger partial charge in [-0.2, -0.15) is 5.26 Å². The second kappa shape index (κ2) is 10.9. The fourth-order valence-electron chi connectivity index (χ4n) is 4.51. The summed E-state index contributed by atoms with van der Waals surface area (Å²) in [5.74, 6) is -0.344. The zero-order valence-corrected chi connectivity index (χ0v) is 22.1. The Morgan fingerprint density at radius 2 is 1.98 bits per heavy atom. The lowest BCUT2D eigenvalue weighted by atomic mass is 10.1. The molecular formula is C30H26FN7O2. The highest BCUT2D eigenvalue weighted by molar-refractivity contribution is 5.94. The van der Waals surface area contributed by atoms with Crippen LogP contribution in [0.4, 0.5) is 10.1 Å². The number of halogens is 1. The fourth-order valence-corrected chi connectivity index (χ4v) is 4.51. The first-order valence-corrected chi connectivity index (χ1v) is 12.6. The molecule has 0 aliphatic rings. The molecule has 10 heteroatoms. The first kappa shape index (κ1) is 26.5. The number of nitrogens with one attached hydrogen (secondary N) is 2. The molecule has 3 heterocycles. The van der Waals surface area contributed by atoms with Crippen LogP contribution in [-0.4, -0.2) is 38.1 Å². The van der Waals surface area contributed by atoms with Gasteiger partial charge in [0, 0.05) is 23.3 Å². The van der Waals surface area contributed by atoms with Crippen LogP contribution >= 0.6 is 0 Å². The van der Waals surface area contributed by atoms with E-state index in [1.54, 1.807) is 56.7 Å². The molecule has 0 saturated carbocycles. The van der Waals surface area contributed by atoms with Gasteiger partial charge in [0.25, 0.3) is 5.56 Å². The predicted octanol–water partition coefficient (Wildman–Crippen LogP) is 4.16. The molecule has 5 rings (SSSR count). The van der Waals surface area contributed by atoms with Crippen LogP contribution in [0.3, 0.4) is 0 Å². The zero-order valence-electron chi connectivity index (χ0n) is 22.1. The van der Waals surface area contributed by atoms with E-state index < -0.39 is 11.6 Å². The van der Waals surface area contributed by atoms with Crippen molar-refractivity contribution in [2.24, 2.45) is 0 Å². The Hall–Kier alpha value is -5.14. The predicted molar refractivity (Wildman–Crippen MR) is 151 cm³/mol. The molecule has 2 N–H and O–H groups in total. The van der Waals surface area contributed by atoms with Gasteiger partial charge in [-0.05, 0) is 68.4 Å². The second-order valence-electron chi connectivity index (χ2n) is 9.47. The lowest BCUT2D eigenvalue weighted by Crippen LogP contribution is -2.38. The van der Waals surface area contributed by atoms with Crippen molar-refractivity contribution in [2.45, 2.75) is 26.4 Å². The number of benzene rings is 2. The quantitative estimate of drug-likeness (QED) is 0.323. The summed E-state index contributed by atoms with van der Waals surface area (Å²) in [6.45, 7) is 3.69. The summed E-state index contributed by atoms with van der Waals surface area (Å²) in [4.78, 5) is 35.1. The van der Waals surface area contributed by atoms with Crippen molar-refractivity contribution in [1.29, 1.82) is 5.26 Å². The normalized spacial score (nSPS) is 11.8. The number of nitriles is 1. The summed E-state index contributed by atoms with van der Waals surface area (Å²) in [6, 6.07) is 14.9. The monoisotopic (exact) mass is 535 g/mol. The molecule has 200 valence electrons. The van der Waals surface area contributed by atoms with Crippen LogP contribution in [0.15, 0.2) is 78.1 Å². The molecule has 3 aromatic heterocycles. The molecule has 0 saturated heterocycles. The maximum absolute atomic E-state index is 13.9. The third kappa shape index (κ3) is 5.10. The molecule has 0 aliphatic heterocycles. The van der Waals surface area contributed by atoms with Crippen molar-refractivity contribution < 1.29 is 9.18 Å².